The summed E-state index contributed by atoms with van der Waals surface area (Å²) in [6.07, 6.45) is 1.28. The van der Waals surface area contributed by atoms with Gasteiger partial charge in [0.2, 0.25) is 5.91 Å². The number of para-hydroxylation sites is 2. The zero-order valence-electron chi connectivity index (χ0n) is 20.4. The summed E-state index contributed by atoms with van der Waals surface area (Å²) in [5.41, 5.74) is 4.67. The topological polar surface area (TPSA) is 50.6 Å². The molecule has 2 aromatic carbocycles. The maximum atomic E-state index is 14.3. The molecule has 6 nitrogen and oxygen atoms in total. The number of nitrogens with zero attached hydrogens (tertiary/aromatic N) is 4. The van der Waals surface area contributed by atoms with E-state index in [9.17, 15) is 9.18 Å². The molecule has 0 unspecified atom stereocenters. The van der Waals surface area contributed by atoms with E-state index >= 15 is 0 Å². The maximum absolute atomic E-state index is 14.3. The summed E-state index contributed by atoms with van der Waals surface area (Å²) < 4.78 is 21.9. The Bertz CT molecular complexity index is 1160. The summed E-state index contributed by atoms with van der Waals surface area (Å²) in [4.78, 5) is 16.7. The highest BCUT2D eigenvalue weighted by Crippen LogP contribution is 2.31. The predicted octanol–water partition coefficient (Wildman–Crippen LogP) is 4.58. The number of hydrogen-bond acceptors (Lipinski definition) is 4. The molecule has 2 heterocycles. The Hall–Kier alpha value is -3.19. The van der Waals surface area contributed by atoms with E-state index in [1.165, 1.54) is 6.07 Å². The SMILES string of the molecule is COc1ccccc1-n1nc(CN(C)C(=O)CC(C)C)c2c1CCN(Cc1ccccc1F)C2. The van der Waals surface area contributed by atoms with Crippen LogP contribution in [0.25, 0.3) is 5.69 Å². The Morgan fingerprint density at radius 3 is 2.65 bits per heavy atom. The first kappa shape index (κ1) is 24.0. The van der Waals surface area contributed by atoms with Crippen LogP contribution in [0.5, 0.6) is 5.75 Å². The first-order valence-electron chi connectivity index (χ1n) is 11.8. The van der Waals surface area contributed by atoms with Gasteiger partial charge in [-0.1, -0.05) is 44.2 Å². The standard InChI is InChI=1S/C27H33FN4O2/c1-19(2)15-27(33)30(3)18-23-21-17-31(16-20-9-5-6-10-22(20)28)14-13-24(21)32(29-23)25-11-7-8-12-26(25)34-4/h5-12,19H,13-18H2,1-4H3. The van der Waals surface area contributed by atoms with Gasteiger partial charge in [0.1, 0.15) is 17.3 Å². The highest BCUT2D eigenvalue weighted by molar-refractivity contribution is 5.76. The summed E-state index contributed by atoms with van der Waals surface area (Å²) in [5, 5.41) is 4.97. The molecular weight excluding hydrogens is 431 g/mol. The van der Waals surface area contributed by atoms with Gasteiger partial charge in [-0.05, 0) is 24.1 Å². The number of ether oxygens (including phenoxy) is 1. The van der Waals surface area contributed by atoms with Crippen LogP contribution >= 0.6 is 0 Å². The van der Waals surface area contributed by atoms with Gasteiger partial charge in [-0.25, -0.2) is 9.07 Å². The summed E-state index contributed by atoms with van der Waals surface area (Å²) in [6.45, 7) is 6.51. The maximum Gasteiger partial charge on any atom is 0.222 e. The minimum atomic E-state index is -0.183. The lowest BCUT2D eigenvalue weighted by molar-refractivity contribution is -0.131. The lowest BCUT2D eigenvalue weighted by Crippen LogP contribution is -2.32. The van der Waals surface area contributed by atoms with Crippen molar-refractivity contribution >= 4 is 5.91 Å². The Kier molecular flexibility index (Phi) is 7.32. The average Bonchev–Trinajstić information content (AvgIpc) is 3.17. The highest BCUT2D eigenvalue weighted by Gasteiger charge is 2.28. The van der Waals surface area contributed by atoms with E-state index in [2.05, 4.69) is 4.90 Å². The second-order valence-electron chi connectivity index (χ2n) is 9.36. The second-order valence-corrected chi connectivity index (χ2v) is 9.36. The minimum Gasteiger partial charge on any atom is -0.494 e. The van der Waals surface area contributed by atoms with E-state index in [0.717, 1.165) is 41.4 Å². The number of aromatic nitrogens is 2. The zero-order chi connectivity index (χ0) is 24.2. The minimum absolute atomic E-state index is 0.106. The summed E-state index contributed by atoms with van der Waals surface area (Å²) in [6, 6.07) is 14.8. The molecule has 1 amide bonds. The molecule has 0 saturated carbocycles. The molecule has 1 aliphatic heterocycles. The number of hydrogen-bond donors (Lipinski definition) is 0. The highest BCUT2D eigenvalue weighted by atomic mass is 19.1. The molecule has 0 N–H and O–H groups in total. The third kappa shape index (κ3) is 5.14. The van der Waals surface area contributed by atoms with Crippen molar-refractivity contribution in [2.45, 2.75) is 46.3 Å². The fourth-order valence-electron chi connectivity index (χ4n) is 4.49. The number of fused-ring (bicyclic) bond motifs is 1. The van der Waals surface area contributed by atoms with Crippen LogP contribution in [-0.4, -0.2) is 46.2 Å². The van der Waals surface area contributed by atoms with Gasteiger partial charge in [-0.2, -0.15) is 5.10 Å². The van der Waals surface area contributed by atoms with E-state index < -0.39 is 0 Å². The molecule has 1 aromatic heterocycles. The largest absolute Gasteiger partial charge is 0.494 e. The number of rotatable bonds is 8. The molecule has 180 valence electrons. The monoisotopic (exact) mass is 464 g/mol. The van der Waals surface area contributed by atoms with Crippen LogP contribution in [0.4, 0.5) is 4.39 Å². The van der Waals surface area contributed by atoms with Gasteiger partial charge in [0.15, 0.2) is 0 Å². The first-order valence-corrected chi connectivity index (χ1v) is 11.8. The molecule has 0 bridgehead atoms. The molecule has 3 aromatic rings. The van der Waals surface area contributed by atoms with Crippen molar-refractivity contribution in [3.8, 4) is 11.4 Å². The molecule has 1 aliphatic rings. The molecule has 0 fully saturated rings. The van der Waals surface area contributed by atoms with E-state index in [1.54, 1.807) is 18.1 Å². The number of halogens is 1. The number of benzene rings is 2. The quantitative estimate of drug-likeness (QED) is 0.490. The van der Waals surface area contributed by atoms with Gasteiger partial charge in [0, 0.05) is 50.7 Å². The lowest BCUT2D eigenvalue weighted by Gasteiger charge is -2.28. The third-order valence-electron chi connectivity index (χ3n) is 6.28. The summed E-state index contributed by atoms with van der Waals surface area (Å²) in [7, 11) is 3.49. The molecule has 7 heteroatoms. The smallest absolute Gasteiger partial charge is 0.222 e. The Balaban J connectivity index is 1.67. The average molecular weight is 465 g/mol. The van der Waals surface area contributed by atoms with Crippen molar-refractivity contribution in [2.24, 2.45) is 5.92 Å². The van der Waals surface area contributed by atoms with Crippen LogP contribution in [0.2, 0.25) is 0 Å². The fraction of sp³-hybridized carbons (Fsp3) is 0.407. The van der Waals surface area contributed by atoms with Crippen LogP contribution in [0.1, 0.15) is 42.8 Å². The van der Waals surface area contributed by atoms with E-state index in [0.29, 0.717) is 37.5 Å². The van der Waals surface area contributed by atoms with Gasteiger partial charge in [-0.15, -0.1) is 0 Å². The van der Waals surface area contributed by atoms with Crippen molar-refractivity contribution in [2.75, 3.05) is 20.7 Å². The van der Waals surface area contributed by atoms with Crippen molar-refractivity contribution in [3.63, 3.8) is 0 Å². The molecule has 0 spiro atoms. The molecule has 0 atom stereocenters. The molecular formula is C27H33FN4O2. The van der Waals surface area contributed by atoms with Gasteiger partial charge in [0.05, 0.1) is 25.0 Å². The normalized spacial score (nSPS) is 13.7. The Morgan fingerprint density at radius 1 is 1.18 bits per heavy atom. The summed E-state index contributed by atoms with van der Waals surface area (Å²) in [5.74, 6) is 0.968. The predicted molar refractivity (Wildman–Crippen MR) is 130 cm³/mol. The van der Waals surface area contributed by atoms with E-state index in [-0.39, 0.29) is 11.7 Å². The molecule has 34 heavy (non-hydrogen) atoms. The first-order chi connectivity index (χ1) is 16.4. The molecule has 0 radical (unpaired) electrons. The Morgan fingerprint density at radius 2 is 1.91 bits per heavy atom. The number of methoxy groups -OCH3 is 1. The molecule has 0 aliphatic carbocycles. The summed E-state index contributed by atoms with van der Waals surface area (Å²) >= 11 is 0. The van der Waals surface area contributed by atoms with Gasteiger partial charge < -0.3 is 9.64 Å². The van der Waals surface area contributed by atoms with Gasteiger partial charge >= 0.3 is 0 Å². The van der Waals surface area contributed by atoms with Crippen molar-refractivity contribution in [3.05, 3.63) is 76.9 Å². The van der Waals surface area contributed by atoms with Crippen LogP contribution in [0.3, 0.4) is 0 Å². The van der Waals surface area contributed by atoms with Crippen molar-refractivity contribution < 1.29 is 13.9 Å². The second kappa shape index (κ2) is 10.4. The number of amides is 1. The third-order valence-corrected chi connectivity index (χ3v) is 6.28. The van der Waals surface area contributed by atoms with Crippen LogP contribution in [0, 0.1) is 11.7 Å². The van der Waals surface area contributed by atoms with Crippen LogP contribution in [-0.2, 0) is 30.8 Å². The lowest BCUT2D eigenvalue weighted by atomic mass is 10.0. The Labute approximate surface area is 200 Å². The fourth-order valence-corrected chi connectivity index (χ4v) is 4.49. The van der Waals surface area contributed by atoms with E-state index in [1.807, 2.05) is 62.0 Å². The molecule has 4 rings (SSSR count). The van der Waals surface area contributed by atoms with Crippen LogP contribution in [0.15, 0.2) is 48.5 Å². The van der Waals surface area contributed by atoms with Gasteiger partial charge in [-0.3, -0.25) is 9.69 Å². The number of carbonyl (C=O) groups is 1. The zero-order valence-corrected chi connectivity index (χ0v) is 20.4. The van der Waals surface area contributed by atoms with Gasteiger partial charge in [0.25, 0.3) is 0 Å². The van der Waals surface area contributed by atoms with Crippen molar-refractivity contribution in [1.82, 2.24) is 19.6 Å². The molecule has 0 saturated heterocycles. The van der Waals surface area contributed by atoms with Crippen molar-refractivity contribution in [1.29, 1.82) is 0 Å². The number of carbonyl (C=O) groups excluding carboxylic acids is 1. The van der Waals surface area contributed by atoms with Crippen LogP contribution < -0.4 is 4.74 Å². The van der Waals surface area contributed by atoms with E-state index in [4.69, 9.17) is 9.84 Å².